The zero-order valence-electron chi connectivity index (χ0n) is 10.9. The molecule has 1 aliphatic rings. The second-order valence-electron chi connectivity index (χ2n) is 4.65. The van der Waals surface area contributed by atoms with Crippen LogP contribution in [0.1, 0.15) is 30.9 Å². The lowest BCUT2D eigenvalue weighted by atomic mass is 10.1. The number of nitrogens with one attached hydrogen (secondary N) is 1. The molecule has 0 saturated carbocycles. The molecule has 1 aliphatic heterocycles. The van der Waals surface area contributed by atoms with E-state index in [1.54, 1.807) is 12.1 Å². The van der Waals surface area contributed by atoms with Gasteiger partial charge in [0.1, 0.15) is 6.04 Å². The number of carbonyl (C=O) groups is 3. The molecular formula is C14H16N2O4. The highest BCUT2D eigenvalue weighted by Gasteiger charge is 2.38. The van der Waals surface area contributed by atoms with E-state index >= 15 is 0 Å². The van der Waals surface area contributed by atoms with Crippen molar-refractivity contribution in [3.8, 4) is 0 Å². The molecule has 2 N–H and O–H groups in total. The standard InChI is InChI=1S/C14H16N2O4/c17-11(18)8-4-5-9-16-12(13(19)15-14(16)20)10-6-2-1-3-7-10/h1-3,6-7,12H,4-5,8-9H2,(H,17,18)(H,15,19,20). The van der Waals surface area contributed by atoms with Gasteiger partial charge in [-0.05, 0) is 18.4 Å². The number of aliphatic carboxylic acids is 1. The Hall–Kier alpha value is -2.37. The Morgan fingerprint density at radius 3 is 2.55 bits per heavy atom. The van der Waals surface area contributed by atoms with E-state index in [-0.39, 0.29) is 12.3 Å². The summed E-state index contributed by atoms with van der Waals surface area (Å²) in [6.07, 6.45) is 1.10. The average molecular weight is 276 g/mol. The Kier molecular flexibility index (Phi) is 4.34. The van der Waals surface area contributed by atoms with Crippen LogP contribution in [0.5, 0.6) is 0 Å². The molecule has 0 aliphatic carbocycles. The third kappa shape index (κ3) is 3.14. The number of carboxylic acid groups (broad SMARTS) is 1. The summed E-state index contributed by atoms with van der Waals surface area (Å²) < 4.78 is 0. The van der Waals surface area contributed by atoms with Gasteiger partial charge in [-0.15, -0.1) is 0 Å². The van der Waals surface area contributed by atoms with Crippen LogP contribution in [0.25, 0.3) is 0 Å². The first-order chi connectivity index (χ1) is 9.59. The number of amides is 3. The van der Waals surface area contributed by atoms with Gasteiger partial charge in [-0.2, -0.15) is 0 Å². The zero-order chi connectivity index (χ0) is 14.5. The number of carboxylic acids is 1. The van der Waals surface area contributed by atoms with Crippen LogP contribution in [0.2, 0.25) is 0 Å². The monoisotopic (exact) mass is 276 g/mol. The quantitative estimate of drug-likeness (QED) is 0.609. The molecule has 6 nitrogen and oxygen atoms in total. The first-order valence-corrected chi connectivity index (χ1v) is 6.48. The number of carbonyl (C=O) groups excluding carboxylic acids is 2. The van der Waals surface area contributed by atoms with Crippen LogP contribution in [0, 0.1) is 0 Å². The van der Waals surface area contributed by atoms with Crippen molar-refractivity contribution in [3.63, 3.8) is 0 Å². The van der Waals surface area contributed by atoms with E-state index in [0.717, 1.165) is 5.56 Å². The van der Waals surface area contributed by atoms with Crippen LogP contribution in [0.3, 0.4) is 0 Å². The molecule has 1 fully saturated rings. The fraction of sp³-hybridized carbons (Fsp3) is 0.357. The van der Waals surface area contributed by atoms with Crippen molar-refractivity contribution in [3.05, 3.63) is 35.9 Å². The van der Waals surface area contributed by atoms with Crippen LogP contribution in [-0.4, -0.2) is 34.5 Å². The maximum atomic E-state index is 11.9. The number of nitrogens with zero attached hydrogens (tertiary/aromatic N) is 1. The Morgan fingerprint density at radius 2 is 1.90 bits per heavy atom. The second-order valence-corrected chi connectivity index (χ2v) is 4.65. The minimum atomic E-state index is -0.855. The van der Waals surface area contributed by atoms with Crippen LogP contribution in [-0.2, 0) is 9.59 Å². The fourth-order valence-electron chi connectivity index (χ4n) is 2.26. The van der Waals surface area contributed by atoms with E-state index in [1.807, 2.05) is 18.2 Å². The fourth-order valence-corrected chi connectivity index (χ4v) is 2.26. The summed E-state index contributed by atoms with van der Waals surface area (Å²) in [5, 5.41) is 10.9. The number of rotatable bonds is 6. The van der Waals surface area contributed by atoms with Crippen molar-refractivity contribution >= 4 is 17.9 Å². The minimum absolute atomic E-state index is 0.0689. The largest absolute Gasteiger partial charge is 0.481 e. The molecule has 106 valence electrons. The number of imide groups is 1. The van der Waals surface area contributed by atoms with E-state index in [2.05, 4.69) is 5.32 Å². The highest BCUT2D eigenvalue weighted by Crippen LogP contribution is 2.25. The van der Waals surface area contributed by atoms with Crippen LogP contribution in [0.15, 0.2) is 30.3 Å². The van der Waals surface area contributed by atoms with E-state index in [4.69, 9.17) is 5.11 Å². The van der Waals surface area contributed by atoms with Gasteiger partial charge in [-0.3, -0.25) is 14.9 Å². The van der Waals surface area contributed by atoms with Gasteiger partial charge >= 0.3 is 12.0 Å². The van der Waals surface area contributed by atoms with Gasteiger partial charge in [-0.1, -0.05) is 30.3 Å². The van der Waals surface area contributed by atoms with Gasteiger partial charge in [0.25, 0.3) is 5.91 Å². The molecule has 1 aromatic rings. The van der Waals surface area contributed by atoms with Gasteiger partial charge in [0.05, 0.1) is 0 Å². The normalized spacial score (nSPS) is 18.2. The number of unbranched alkanes of at least 4 members (excludes halogenated alkanes) is 1. The van der Waals surface area contributed by atoms with E-state index in [9.17, 15) is 14.4 Å². The highest BCUT2D eigenvalue weighted by molar-refractivity contribution is 6.04. The molecule has 0 spiro atoms. The first-order valence-electron chi connectivity index (χ1n) is 6.48. The van der Waals surface area contributed by atoms with E-state index in [0.29, 0.717) is 19.4 Å². The van der Waals surface area contributed by atoms with Crippen molar-refractivity contribution in [1.82, 2.24) is 10.2 Å². The molecule has 1 aromatic carbocycles. The first kappa shape index (κ1) is 14.0. The van der Waals surface area contributed by atoms with E-state index < -0.39 is 18.0 Å². The van der Waals surface area contributed by atoms with Crippen molar-refractivity contribution in [2.45, 2.75) is 25.3 Å². The van der Waals surface area contributed by atoms with Gasteiger partial charge in [0.2, 0.25) is 0 Å². The summed E-state index contributed by atoms with van der Waals surface area (Å²) in [5.41, 5.74) is 0.758. The summed E-state index contributed by atoms with van der Waals surface area (Å²) in [5.74, 6) is -1.19. The van der Waals surface area contributed by atoms with E-state index in [1.165, 1.54) is 4.90 Å². The lowest BCUT2D eigenvalue weighted by molar-refractivity contribution is -0.137. The van der Waals surface area contributed by atoms with Crippen LogP contribution < -0.4 is 5.32 Å². The van der Waals surface area contributed by atoms with Crippen molar-refractivity contribution in [2.75, 3.05) is 6.54 Å². The topological polar surface area (TPSA) is 86.7 Å². The zero-order valence-corrected chi connectivity index (χ0v) is 10.9. The van der Waals surface area contributed by atoms with Gasteiger partial charge in [0, 0.05) is 13.0 Å². The summed E-state index contributed by atoms with van der Waals surface area (Å²) in [7, 11) is 0. The molecule has 0 bridgehead atoms. The number of hydrogen-bond donors (Lipinski definition) is 2. The Morgan fingerprint density at radius 1 is 1.20 bits per heavy atom. The number of urea groups is 1. The maximum Gasteiger partial charge on any atom is 0.325 e. The highest BCUT2D eigenvalue weighted by atomic mass is 16.4. The Bertz CT molecular complexity index is 515. The summed E-state index contributed by atoms with van der Waals surface area (Å²) >= 11 is 0. The lowest BCUT2D eigenvalue weighted by Gasteiger charge is -2.21. The molecule has 1 atom stereocenters. The van der Waals surface area contributed by atoms with Crippen molar-refractivity contribution in [1.29, 1.82) is 0 Å². The Labute approximate surface area is 116 Å². The SMILES string of the molecule is O=C(O)CCCCN1C(=O)NC(=O)C1c1ccccc1. The van der Waals surface area contributed by atoms with Gasteiger partial charge in [-0.25, -0.2) is 4.79 Å². The molecule has 3 amide bonds. The lowest BCUT2D eigenvalue weighted by Crippen LogP contribution is -2.30. The third-order valence-corrected chi connectivity index (χ3v) is 3.21. The maximum absolute atomic E-state index is 11.9. The minimum Gasteiger partial charge on any atom is -0.481 e. The molecule has 1 unspecified atom stereocenters. The number of hydrogen-bond acceptors (Lipinski definition) is 3. The molecular weight excluding hydrogens is 260 g/mol. The molecule has 0 aromatic heterocycles. The summed E-state index contributed by atoms with van der Waals surface area (Å²) in [4.78, 5) is 35.6. The average Bonchev–Trinajstić information content (AvgIpc) is 2.70. The molecule has 20 heavy (non-hydrogen) atoms. The molecule has 1 heterocycles. The third-order valence-electron chi connectivity index (χ3n) is 3.21. The Balaban J connectivity index is 2.03. The van der Waals surface area contributed by atoms with Crippen molar-refractivity contribution in [2.24, 2.45) is 0 Å². The molecule has 2 rings (SSSR count). The predicted molar refractivity (Wildman–Crippen MR) is 70.9 cm³/mol. The number of benzene rings is 1. The second kappa shape index (κ2) is 6.18. The summed E-state index contributed by atoms with van der Waals surface area (Å²) in [6.45, 7) is 0.365. The predicted octanol–water partition coefficient (Wildman–Crippen LogP) is 1.53. The summed E-state index contributed by atoms with van der Waals surface area (Å²) in [6, 6.07) is 8.03. The molecule has 1 saturated heterocycles. The smallest absolute Gasteiger partial charge is 0.325 e. The molecule has 6 heteroatoms. The van der Waals surface area contributed by atoms with Gasteiger partial charge < -0.3 is 10.0 Å². The van der Waals surface area contributed by atoms with Crippen molar-refractivity contribution < 1.29 is 19.5 Å². The molecule has 0 radical (unpaired) electrons. The van der Waals surface area contributed by atoms with Gasteiger partial charge in [0.15, 0.2) is 0 Å². The van der Waals surface area contributed by atoms with Crippen LogP contribution >= 0.6 is 0 Å². The van der Waals surface area contributed by atoms with Crippen LogP contribution in [0.4, 0.5) is 4.79 Å².